The molecule has 2 aromatic rings. The van der Waals surface area contributed by atoms with Crippen molar-refractivity contribution in [3.8, 4) is 5.75 Å². The Hall–Kier alpha value is -2.86. The monoisotopic (exact) mass is 606 g/mol. The van der Waals surface area contributed by atoms with Crippen LogP contribution in [0, 0.1) is 5.92 Å². The number of carbonyl (C=O) groups excluding carboxylic acids is 2. The average Bonchev–Trinajstić information content (AvgIpc) is 2.95. The lowest BCUT2D eigenvalue weighted by Gasteiger charge is -2.38. The van der Waals surface area contributed by atoms with Crippen molar-refractivity contribution in [2.75, 3.05) is 32.1 Å². The molecule has 1 saturated carbocycles. The molecule has 1 aliphatic heterocycles. The molecular formula is C29H39ClN4O6S. The minimum Gasteiger partial charge on any atom is -0.488 e. The van der Waals surface area contributed by atoms with Crippen LogP contribution >= 0.6 is 11.6 Å². The van der Waals surface area contributed by atoms with E-state index in [0.717, 1.165) is 25.7 Å². The number of benzene rings is 2. The minimum atomic E-state index is -3.84. The number of hydrogen-bond acceptors (Lipinski definition) is 6. The summed E-state index contributed by atoms with van der Waals surface area (Å²) in [4.78, 5) is 28.0. The van der Waals surface area contributed by atoms with Gasteiger partial charge in [-0.1, -0.05) is 37.8 Å². The maximum atomic E-state index is 13.7. The quantitative estimate of drug-likeness (QED) is 0.410. The lowest BCUT2D eigenvalue weighted by molar-refractivity contribution is 0.0387. The van der Waals surface area contributed by atoms with Crippen LogP contribution in [0.4, 0.5) is 10.5 Å². The minimum absolute atomic E-state index is 0.0187. The van der Waals surface area contributed by atoms with Gasteiger partial charge in [0.15, 0.2) is 0 Å². The number of sulfonamides is 1. The van der Waals surface area contributed by atoms with Crippen LogP contribution in [0.15, 0.2) is 47.4 Å². The van der Waals surface area contributed by atoms with Gasteiger partial charge in [-0.2, -0.15) is 4.31 Å². The van der Waals surface area contributed by atoms with Crippen molar-refractivity contribution in [3.05, 3.63) is 53.1 Å². The van der Waals surface area contributed by atoms with E-state index < -0.39 is 22.2 Å². The summed E-state index contributed by atoms with van der Waals surface area (Å²) in [5.41, 5.74) is 0.652. The fraction of sp³-hybridized carbons (Fsp3) is 0.517. The molecule has 224 valence electrons. The van der Waals surface area contributed by atoms with Crippen molar-refractivity contribution in [2.45, 2.75) is 69.0 Å². The van der Waals surface area contributed by atoms with Crippen molar-refractivity contribution in [1.82, 2.24) is 14.5 Å². The molecule has 1 fully saturated rings. The molecule has 4 rings (SSSR count). The van der Waals surface area contributed by atoms with E-state index in [-0.39, 0.29) is 59.8 Å². The van der Waals surface area contributed by atoms with Gasteiger partial charge in [-0.15, -0.1) is 0 Å². The molecule has 0 bridgehead atoms. The lowest BCUT2D eigenvalue weighted by Crippen LogP contribution is -2.50. The second-order valence-corrected chi connectivity index (χ2v) is 13.5. The second kappa shape index (κ2) is 13.4. The van der Waals surface area contributed by atoms with Gasteiger partial charge in [0.1, 0.15) is 11.9 Å². The van der Waals surface area contributed by atoms with Crippen molar-refractivity contribution in [3.63, 3.8) is 0 Å². The number of carbonyl (C=O) groups is 2. The molecule has 3 atom stereocenters. The fourth-order valence-electron chi connectivity index (χ4n) is 5.26. The molecule has 12 heteroatoms. The topological polar surface area (TPSA) is 128 Å². The van der Waals surface area contributed by atoms with Crippen LogP contribution < -0.4 is 15.4 Å². The van der Waals surface area contributed by atoms with Gasteiger partial charge in [-0.3, -0.25) is 4.79 Å². The molecular weight excluding hydrogens is 568 g/mol. The van der Waals surface area contributed by atoms with E-state index in [1.807, 2.05) is 6.92 Å². The number of ether oxygens (including phenoxy) is 1. The van der Waals surface area contributed by atoms with Gasteiger partial charge in [-0.25, -0.2) is 13.2 Å². The number of fused-ring (bicyclic) bond motifs is 1. The van der Waals surface area contributed by atoms with Gasteiger partial charge in [0.05, 0.1) is 29.7 Å². The van der Waals surface area contributed by atoms with Gasteiger partial charge >= 0.3 is 6.03 Å². The highest BCUT2D eigenvalue weighted by Gasteiger charge is 2.35. The van der Waals surface area contributed by atoms with E-state index in [4.69, 9.17) is 16.3 Å². The van der Waals surface area contributed by atoms with Crippen LogP contribution in [0.1, 0.15) is 56.3 Å². The maximum absolute atomic E-state index is 13.7. The van der Waals surface area contributed by atoms with E-state index >= 15 is 0 Å². The van der Waals surface area contributed by atoms with Crippen LogP contribution in [0.5, 0.6) is 5.75 Å². The van der Waals surface area contributed by atoms with Gasteiger partial charge in [0, 0.05) is 36.3 Å². The number of urea groups is 1. The Morgan fingerprint density at radius 1 is 1.17 bits per heavy atom. The van der Waals surface area contributed by atoms with Gasteiger partial charge in [-0.05, 0) is 62.2 Å². The number of aliphatic hydroxyl groups excluding tert-OH is 1. The Kier molecular flexibility index (Phi) is 10.2. The molecule has 0 radical (unpaired) electrons. The first-order valence-corrected chi connectivity index (χ1v) is 15.8. The molecule has 0 spiro atoms. The molecule has 10 nitrogen and oxygen atoms in total. The van der Waals surface area contributed by atoms with E-state index in [2.05, 4.69) is 10.6 Å². The highest BCUT2D eigenvalue weighted by Crippen LogP contribution is 2.31. The van der Waals surface area contributed by atoms with E-state index in [1.54, 1.807) is 30.0 Å². The Balaban J connectivity index is 1.59. The Morgan fingerprint density at radius 2 is 1.85 bits per heavy atom. The summed E-state index contributed by atoms with van der Waals surface area (Å²) in [6.07, 6.45) is 4.63. The Bertz CT molecular complexity index is 1330. The van der Waals surface area contributed by atoms with Gasteiger partial charge < -0.3 is 25.4 Å². The number of anilines is 1. The third-order valence-corrected chi connectivity index (χ3v) is 9.91. The zero-order chi connectivity index (χ0) is 29.7. The number of amides is 3. The van der Waals surface area contributed by atoms with Gasteiger partial charge in [0.25, 0.3) is 5.91 Å². The molecule has 0 unspecified atom stereocenters. The second-order valence-electron chi connectivity index (χ2n) is 11.0. The van der Waals surface area contributed by atoms with Crippen LogP contribution in [0.25, 0.3) is 0 Å². The molecule has 3 N–H and O–H groups in total. The van der Waals surface area contributed by atoms with Crippen molar-refractivity contribution in [1.29, 1.82) is 0 Å². The van der Waals surface area contributed by atoms with Crippen molar-refractivity contribution < 1.29 is 27.9 Å². The van der Waals surface area contributed by atoms with Gasteiger partial charge in [0.2, 0.25) is 10.0 Å². The highest BCUT2D eigenvalue weighted by molar-refractivity contribution is 7.89. The summed E-state index contributed by atoms with van der Waals surface area (Å²) in [5.74, 6) is -0.342. The summed E-state index contributed by atoms with van der Waals surface area (Å²) >= 11 is 5.94. The summed E-state index contributed by atoms with van der Waals surface area (Å²) < 4.78 is 34.1. The third kappa shape index (κ3) is 7.51. The fourth-order valence-corrected chi connectivity index (χ4v) is 6.56. The largest absolute Gasteiger partial charge is 0.488 e. The summed E-state index contributed by atoms with van der Waals surface area (Å²) in [6.45, 7) is 3.64. The van der Waals surface area contributed by atoms with Crippen LogP contribution in [0.3, 0.4) is 0 Å². The average molecular weight is 607 g/mol. The molecule has 2 aliphatic rings. The first-order chi connectivity index (χ1) is 19.5. The predicted octanol–water partition coefficient (Wildman–Crippen LogP) is 4.34. The summed E-state index contributed by atoms with van der Waals surface area (Å²) in [7, 11) is -2.35. The SMILES string of the molecule is C[C@H](CO)N1C[C@H](C)[C@H](CN(C)S(=O)(=O)c2ccc(Cl)cc2)Oc2ccc(NC(=O)NC3CCCCC3)cc2C1=O. The van der Waals surface area contributed by atoms with Crippen molar-refractivity contribution in [2.24, 2.45) is 5.92 Å². The van der Waals surface area contributed by atoms with E-state index in [9.17, 15) is 23.1 Å². The normalized spacial score (nSPS) is 20.9. The van der Waals surface area contributed by atoms with Crippen molar-refractivity contribution >= 4 is 39.2 Å². The number of nitrogens with zero attached hydrogens (tertiary/aromatic N) is 2. The van der Waals surface area contributed by atoms with E-state index in [0.29, 0.717) is 10.7 Å². The number of aliphatic hydroxyl groups is 1. The molecule has 3 amide bonds. The Morgan fingerprint density at radius 3 is 2.51 bits per heavy atom. The molecule has 41 heavy (non-hydrogen) atoms. The van der Waals surface area contributed by atoms with Crippen LogP contribution in [-0.4, -0.2) is 79.6 Å². The zero-order valence-electron chi connectivity index (χ0n) is 23.7. The third-order valence-electron chi connectivity index (χ3n) is 7.82. The Labute approximate surface area is 247 Å². The predicted molar refractivity (Wildman–Crippen MR) is 158 cm³/mol. The highest BCUT2D eigenvalue weighted by atomic mass is 35.5. The maximum Gasteiger partial charge on any atom is 0.319 e. The van der Waals surface area contributed by atoms with Crippen LogP contribution in [0.2, 0.25) is 5.02 Å². The van der Waals surface area contributed by atoms with E-state index in [1.165, 1.54) is 42.0 Å². The first-order valence-electron chi connectivity index (χ1n) is 14.0. The molecule has 2 aromatic carbocycles. The number of rotatable bonds is 8. The standard InChI is InChI=1S/C29H39ClN4O6S/c1-19-16-34(20(2)18-35)28(36)25-15-23(32-29(37)31-22-7-5-4-6-8-22)11-14-26(25)40-27(19)17-33(3)41(38,39)24-12-9-21(30)10-13-24/h9-15,19-20,22,27,35H,4-8,16-18H2,1-3H3,(H2,31,32,37)/t19-,20+,27-/m0/s1. The number of hydrogen-bond donors (Lipinski definition) is 3. The van der Waals surface area contributed by atoms with Crippen LogP contribution in [-0.2, 0) is 10.0 Å². The lowest BCUT2D eigenvalue weighted by atomic mass is 9.96. The smallest absolute Gasteiger partial charge is 0.319 e. The molecule has 0 saturated heterocycles. The zero-order valence-corrected chi connectivity index (χ0v) is 25.2. The number of halogens is 1. The molecule has 1 aliphatic carbocycles. The summed E-state index contributed by atoms with van der Waals surface area (Å²) in [6, 6.07) is 10.1. The number of nitrogens with one attached hydrogen (secondary N) is 2. The molecule has 0 aromatic heterocycles. The molecule has 1 heterocycles. The first kappa shape index (κ1) is 31.1. The summed E-state index contributed by atoms with van der Waals surface area (Å²) in [5, 5.41) is 16.2. The number of likely N-dealkylation sites (N-methyl/N-ethyl adjacent to an activating group) is 1.